The number of fused-ring (bicyclic) bond motifs is 2. The third-order valence-electron chi connectivity index (χ3n) is 6.96. The van der Waals surface area contributed by atoms with Crippen LogP contribution in [0.15, 0.2) is 134 Å². The number of aromatic hydroxyl groups is 1. The fourth-order valence-corrected chi connectivity index (χ4v) is 5.21. The zero-order valence-electron chi connectivity index (χ0n) is 20.5. The van der Waals surface area contributed by atoms with Gasteiger partial charge in [-0.05, 0) is 70.9 Å². The predicted molar refractivity (Wildman–Crippen MR) is 154 cm³/mol. The van der Waals surface area contributed by atoms with E-state index in [1.165, 1.54) is 0 Å². The Hall–Kier alpha value is -5.22. The Balaban J connectivity index is 1.54. The Morgan fingerprint density at radius 2 is 1.37 bits per heavy atom. The molecule has 180 valence electrons. The highest BCUT2D eigenvalue weighted by Gasteiger charge is 2.20. The molecule has 0 saturated carbocycles. The molecule has 4 nitrogen and oxygen atoms in total. The number of phenols is 1. The summed E-state index contributed by atoms with van der Waals surface area (Å²) >= 11 is 0. The first-order valence-electron chi connectivity index (χ1n) is 12.6. The quantitative estimate of drug-likeness (QED) is 0.271. The molecular weight excluding hydrogens is 466 g/mol. The molecule has 5 aromatic carbocycles. The Morgan fingerprint density at radius 3 is 2.21 bits per heavy atom. The monoisotopic (exact) mass is 489 g/mol. The van der Waals surface area contributed by atoms with E-state index in [0.717, 1.165) is 49.9 Å². The highest BCUT2D eigenvalue weighted by Crippen LogP contribution is 2.39. The van der Waals surface area contributed by atoms with E-state index >= 15 is 0 Å². The molecule has 4 heteroatoms. The molecule has 0 atom stereocenters. The molecule has 7 aromatic rings. The lowest BCUT2D eigenvalue weighted by Crippen LogP contribution is -1.97. The highest BCUT2D eigenvalue weighted by atomic mass is 16.3. The highest BCUT2D eigenvalue weighted by molar-refractivity contribution is 6.03. The standard InChI is InChI=1S/C34H23N3O/c38-32-19-7-6-15-28(32)34-36-33-27(16-10-18-31(33)37(34)25-12-2-1-3-13-25)24-21-23-11-4-5-14-26(23)29(22-24)30-17-8-9-20-35-30/h1-22,38H. The summed E-state index contributed by atoms with van der Waals surface area (Å²) in [6.07, 6.45) is 1.83. The number of rotatable bonds is 4. The van der Waals surface area contributed by atoms with Crippen molar-refractivity contribution < 1.29 is 5.11 Å². The zero-order valence-corrected chi connectivity index (χ0v) is 20.5. The summed E-state index contributed by atoms with van der Waals surface area (Å²) in [6, 6.07) is 42.6. The zero-order chi connectivity index (χ0) is 25.5. The maximum atomic E-state index is 10.8. The van der Waals surface area contributed by atoms with Crippen LogP contribution < -0.4 is 0 Å². The van der Waals surface area contributed by atoms with Crippen LogP contribution in [0.5, 0.6) is 5.75 Å². The second kappa shape index (κ2) is 9.02. The van der Waals surface area contributed by atoms with Crippen molar-refractivity contribution in [3.05, 3.63) is 134 Å². The van der Waals surface area contributed by atoms with Crippen molar-refractivity contribution in [3.8, 4) is 45.2 Å². The molecule has 1 N–H and O–H groups in total. The summed E-state index contributed by atoms with van der Waals surface area (Å²) in [4.78, 5) is 9.82. The van der Waals surface area contributed by atoms with Gasteiger partial charge in [-0.25, -0.2) is 4.98 Å². The molecule has 0 aliphatic heterocycles. The molecule has 0 aliphatic rings. The van der Waals surface area contributed by atoms with Crippen LogP contribution in [-0.2, 0) is 0 Å². The van der Waals surface area contributed by atoms with Crippen LogP contribution in [0.25, 0.3) is 61.3 Å². The molecular formula is C34H23N3O. The second-order valence-corrected chi connectivity index (χ2v) is 9.26. The number of hydrogen-bond donors (Lipinski definition) is 1. The Bertz CT molecular complexity index is 1930. The van der Waals surface area contributed by atoms with E-state index in [1.807, 2.05) is 60.8 Å². The van der Waals surface area contributed by atoms with E-state index in [1.54, 1.807) is 6.07 Å². The Labute approximate surface area is 220 Å². The maximum absolute atomic E-state index is 10.8. The molecule has 0 bridgehead atoms. The summed E-state index contributed by atoms with van der Waals surface area (Å²) in [5, 5.41) is 13.1. The third-order valence-corrected chi connectivity index (χ3v) is 6.96. The number of phenolic OH excluding ortho intramolecular Hbond substituents is 1. The number of para-hydroxylation sites is 3. The summed E-state index contributed by atoms with van der Waals surface area (Å²) in [7, 11) is 0. The topological polar surface area (TPSA) is 50.9 Å². The minimum Gasteiger partial charge on any atom is -0.507 e. The summed E-state index contributed by atoms with van der Waals surface area (Å²) in [5.74, 6) is 0.896. The van der Waals surface area contributed by atoms with E-state index in [0.29, 0.717) is 11.4 Å². The van der Waals surface area contributed by atoms with Crippen LogP contribution >= 0.6 is 0 Å². The van der Waals surface area contributed by atoms with Crippen LogP contribution in [-0.4, -0.2) is 19.6 Å². The van der Waals surface area contributed by atoms with Gasteiger partial charge in [0, 0.05) is 23.0 Å². The smallest absolute Gasteiger partial charge is 0.149 e. The van der Waals surface area contributed by atoms with Crippen molar-refractivity contribution in [2.45, 2.75) is 0 Å². The van der Waals surface area contributed by atoms with Crippen molar-refractivity contribution in [2.24, 2.45) is 0 Å². The largest absolute Gasteiger partial charge is 0.507 e. The normalized spacial score (nSPS) is 11.3. The molecule has 38 heavy (non-hydrogen) atoms. The lowest BCUT2D eigenvalue weighted by molar-refractivity contribution is 0.477. The van der Waals surface area contributed by atoms with E-state index in [9.17, 15) is 5.11 Å². The van der Waals surface area contributed by atoms with Crippen LogP contribution in [0.1, 0.15) is 0 Å². The number of benzene rings is 5. The molecule has 0 radical (unpaired) electrons. The van der Waals surface area contributed by atoms with Gasteiger partial charge in [0.05, 0.1) is 22.3 Å². The maximum Gasteiger partial charge on any atom is 0.149 e. The molecule has 0 fully saturated rings. The molecule has 0 unspecified atom stereocenters. The average molecular weight is 490 g/mol. The number of aromatic nitrogens is 3. The van der Waals surface area contributed by atoms with Gasteiger partial charge in [0.1, 0.15) is 11.6 Å². The second-order valence-electron chi connectivity index (χ2n) is 9.26. The van der Waals surface area contributed by atoms with Crippen LogP contribution in [0.4, 0.5) is 0 Å². The van der Waals surface area contributed by atoms with Crippen LogP contribution in [0.2, 0.25) is 0 Å². The first-order chi connectivity index (χ1) is 18.8. The Morgan fingerprint density at radius 1 is 0.605 bits per heavy atom. The minimum absolute atomic E-state index is 0.199. The van der Waals surface area contributed by atoms with Gasteiger partial charge >= 0.3 is 0 Å². The van der Waals surface area contributed by atoms with Gasteiger partial charge in [-0.2, -0.15) is 0 Å². The first kappa shape index (κ1) is 22.0. The van der Waals surface area contributed by atoms with E-state index < -0.39 is 0 Å². The van der Waals surface area contributed by atoms with Crippen molar-refractivity contribution >= 4 is 21.8 Å². The third kappa shape index (κ3) is 3.62. The van der Waals surface area contributed by atoms with Gasteiger partial charge in [0.2, 0.25) is 0 Å². The fraction of sp³-hybridized carbons (Fsp3) is 0. The molecule has 0 spiro atoms. The molecule has 0 saturated heterocycles. The van der Waals surface area contributed by atoms with Crippen LogP contribution in [0.3, 0.4) is 0 Å². The summed E-state index contributed by atoms with van der Waals surface area (Å²) < 4.78 is 2.12. The SMILES string of the molecule is Oc1ccccc1-c1nc2c(-c3cc(-c4ccccn4)c4ccccc4c3)cccc2n1-c1ccccc1. The molecule has 0 aliphatic carbocycles. The van der Waals surface area contributed by atoms with E-state index in [2.05, 4.69) is 76.3 Å². The van der Waals surface area contributed by atoms with Gasteiger partial charge in [0.25, 0.3) is 0 Å². The van der Waals surface area contributed by atoms with Gasteiger partial charge in [-0.15, -0.1) is 0 Å². The predicted octanol–water partition coefficient (Wildman–Crippen LogP) is 8.28. The lowest BCUT2D eigenvalue weighted by atomic mass is 9.94. The minimum atomic E-state index is 0.199. The number of nitrogens with zero attached hydrogens (tertiary/aromatic N) is 3. The van der Waals surface area contributed by atoms with Crippen molar-refractivity contribution in [1.29, 1.82) is 0 Å². The van der Waals surface area contributed by atoms with E-state index in [-0.39, 0.29) is 5.75 Å². The van der Waals surface area contributed by atoms with Crippen molar-refractivity contribution in [3.63, 3.8) is 0 Å². The molecule has 7 rings (SSSR count). The van der Waals surface area contributed by atoms with Gasteiger partial charge in [0.15, 0.2) is 0 Å². The van der Waals surface area contributed by atoms with Gasteiger partial charge in [-0.1, -0.05) is 72.8 Å². The molecule has 2 aromatic heterocycles. The Kier molecular flexibility index (Phi) is 5.22. The van der Waals surface area contributed by atoms with E-state index in [4.69, 9.17) is 4.98 Å². The number of pyridine rings is 1. The van der Waals surface area contributed by atoms with Crippen LogP contribution in [0, 0.1) is 0 Å². The van der Waals surface area contributed by atoms with Gasteiger partial charge in [-0.3, -0.25) is 9.55 Å². The lowest BCUT2D eigenvalue weighted by Gasteiger charge is -2.12. The number of hydrogen-bond acceptors (Lipinski definition) is 3. The molecule has 0 amide bonds. The molecule has 2 heterocycles. The fourth-order valence-electron chi connectivity index (χ4n) is 5.21. The summed E-state index contributed by atoms with van der Waals surface area (Å²) in [6.45, 7) is 0. The summed E-state index contributed by atoms with van der Waals surface area (Å²) in [5.41, 5.74) is 7.62. The number of imidazole rings is 1. The van der Waals surface area contributed by atoms with Crippen molar-refractivity contribution in [2.75, 3.05) is 0 Å². The average Bonchev–Trinajstić information content (AvgIpc) is 3.37. The van der Waals surface area contributed by atoms with Gasteiger partial charge < -0.3 is 5.11 Å². The van der Waals surface area contributed by atoms with Crippen molar-refractivity contribution in [1.82, 2.24) is 14.5 Å². The first-order valence-corrected chi connectivity index (χ1v) is 12.6.